The number of aryl methyl sites for hydroxylation is 2. The highest BCUT2D eigenvalue weighted by atomic mass is 32.2. The molecule has 0 spiro atoms. The first-order valence-electron chi connectivity index (χ1n) is 11.3. The van der Waals surface area contributed by atoms with Crippen LogP contribution in [0.15, 0.2) is 76.7 Å². The van der Waals surface area contributed by atoms with Crippen LogP contribution in [-0.4, -0.2) is 26.2 Å². The fourth-order valence-electron chi connectivity index (χ4n) is 4.08. The monoisotopic (exact) mass is 522 g/mol. The molecule has 0 radical (unpaired) electrons. The minimum absolute atomic E-state index is 0.105. The van der Waals surface area contributed by atoms with E-state index >= 15 is 0 Å². The predicted octanol–water partition coefficient (Wildman–Crippen LogP) is 6.23. The number of fused-ring (bicyclic) bond motifs is 3. The molecule has 5 rings (SSSR count). The maximum atomic E-state index is 13.7. The van der Waals surface area contributed by atoms with Crippen molar-refractivity contribution in [2.24, 2.45) is 0 Å². The highest BCUT2D eigenvalue weighted by Crippen LogP contribution is 2.30. The van der Waals surface area contributed by atoms with Crippen LogP contribution in [0.2, 0.25) is 0 Å². The molecule has 3 aromatic carbocycles. The van der Waals surface area contributed by atoms with Gasteiger partial charge in [-0.15, -0.1) is 0 Å². The van der Waals surface area contributed by atoms with Gasteiger partial charge in [-0.05, 0) is 61.4 Å². The number of hydrogen-bond donors (Lipinski definition) is 2. The Labute approximate surface area is 213 Å². The number of benzene rings is 3. The summed E-state index contributed by atoms with van der Waals surface area (Å²) in [4.78, 5) is 34.3. The van der Waals surface area contributed by atoms with Crippen LogP contribution in [0.5, 0.6) is 0 Å². The van der Waals surface area contributed by atoms with Gasteiger partial charge in [-0.25, -0.2) is 4.98 Å². The standard InChI is InChI=1S/C27H21F3N4O2S/c1-15-7-8-16(2)21(13-15)34-25(36)24-23(19-5-3-4-6-20(19)32-24)33-26(34)37-14-22(35)31-18-11-9-17(10-12-18)27(28,29)30/h3-13,32H,14H2,1-2H3,(H,31,35). The number of nitrogens with one attached hydrogen (secondary N) is 2. The maximum absolute atomic E-state index is 13.7. The lowest BCUT2D eigenvalue weighted by Gasteiger charge is -2.15. The van der Waals surface area contributed by atoms with Crippen molar-refractivity contribution >= 4 is 45.3 Å². The van der Waals surface area contributed by atoms with Crippen LogP contribution < -0.4 is 10.9 Å². The zero-order valence-electron chi connectivity index (χ0n) is 19.8. The van der Waals surface area contributed by atoms with Gasteiger partial charge in [0.05, 0.1) is 17.0 Å². The van der Waals surface area contributed by atoms with Crippen molar-refractivity contribution in [2.45, 2.75) is 25.2 Å². The van der Waals surface area contributed by atoms with Gasteiger partial charge < -0.3 is 10.3 Å². The first kappa shape index (κ1) is 24.6. The number of alkyl halides is 3. The Balaban J connectivity index is 1.51. The Kier molecular flexibility index (Phi) is 6.28. The highest BCUT2D eigenvalue weighted by molar-refractivity contribution is 7.99. The van der Waals surface area contributed by atoms with Crippen molar-refractivity contribution in [2.75, 3.05) is 11.1 Å². The number of rotatable bonds is 5. The largest absolute Gasteiger partial charge is 0.416 e. The number of aromatic amines is 1. The van der Waals surface area contributed by atoms with E-state index in [1.165, 1.54) is 16.7 Å². The molecule has 6 nitrogen and oxygen atoms in total. The fraction of sp³-hybridized carbons (Fsp3) is 0.148. The molecule has 10 heteroatoms. The van der Waals surface area contributed by atoms with Crippen molar-refractivity contribution in [3.05, 3.63) is 93.8 Å². The fourth-order valence-corrected chi connectivity index (χ4v) is 4.88. The molecule has 0 aliphatic carbocycles. The second kappa shape index (κ2) is 9.44. The van der Waals surface area contributed by atoms with E-state index < -0.39 is 17.6 Å². The average molecular weight is 523 g/mol. The number of thioether (sulfide) groups is 1. The zero-order chi connectivity index (χ0) is 26.3. The molecule has 0 unspecified atom stereocenters. The van der Waals surface area contributed by atoms with Crippen LogP contribution in [0, 0.1) is 13.8 Å². The number of hydrogen-bond acceptors (Lipinski definition) is 4. The maximum Gasteiger partial charge on any atom is 0.416 e. The normalized spacial score (nSPS) is 11.8. The second-order valence-corrected chi connectivity index (χ2v) is 9.57. The van der Waals surface area contributed by atoms with Gasteiger partial charge in [0.25, 0.3) is 5.56 Å². The number of halogens is 3. The summed E-state index contributed by atoms with van der Waals surface area (Å²) >= 11 is 1.08. The third-order valence-electron chi connectivity index (χ3n) is 5.93. The van der Waals surface area contributed by atoms with E-state index in [2.05, 4.69) is 10.3 Å². The smallest absolute Gasteiger partial charge is 0.349 e. The summed E-state index contributed by atoms with van der Waals surface area (Å²) in [5.41, 5.74) is 3.27. The van der Waals surface area contributed by atoms with E-state index in [1.54, 1.807) is 0 Å². The summed E-state index contributed by atoms with van der Waals surface area (Å²) in [7, 11) is 0. The molecule has 0 atom stereocenters. The molecule has 188 valence electrons. The number of H-pyrrole nitrogens is 1. The SMILES string of the molecule is Cc1ccc(C)c(-n2c(SCC(=O)Nc3ccc(C(F)(F)F)cc3)nc3c([nH]c4ccccc43)c2=O)c1. The molecular formula is C27H21F3N4O2S. The summed E-state index contributed by atoms with van der Waals surface area (Å²) in [6, 6.07) is 17.4. The molecule has 2 aromatic heterocycles. The van der Waals surface area contributed by atoms with Crippen molar-refractivity contribution in [1.29, 1.82) is 0 Å². The van der Waals surface area contributed by atoms with Crippen LogP contribution in [-0.2, 0) is 11.0 Å². The lowest BCUT2D eigenvalue weighted by molar-refractivity contribution is -0.137. The van der Waals surface area contributed by atoms with E-state index in [9.17, 15) is 22.8 Å². The Morgan fingerprint density at radius 2 is 1.78 bits per heavy atom. The minimum Gasteiger partial charge on any atom is -0.349 e. The number of aromatic nitrogens is 3. The lowest BCUT2D eigenvalue weighted by atomic mass is 10.1. The van der Waals surface area contributed by atoms with E-state index in [1.807, 2.05) is 56.3 Å². The van der Waals surface area contributed by atoms with Crippen molar-refractivity contribution in [1.82, 2.24) is 14.5 Å². The van der Waals surface area contributed by atoms with E-state index in [-0.39, 0.29) is 17.0 Å². The Hall–Kier alpha value is -4.05. The van der Waals surface area contributed by atoms with Crippen LogP contribution in [0.3, 0.4) is 0 Å². The summed E-state index contributed by atoms with van der Waals surface area (Å²) in [6.45, 7) is 3.82. The Bertz CT molecular complexity index is 1710. The number of carbonyl (C=O) groups is 1. The van der Waals surface area contributed by atoms with Crippen LogP contribution in [0.1, 0.15) is 16.7 Å². The van der Waals surface area contributed by atoms with Crippen molar-refractivity contribution < 1.29 is 18.0 Å². The molecule has 0 saturated carbocycles. The Morgan fingerprint density at radius 1 is 1.05 bits per heavy atom. The Morgan fingerprint density at radius 3 is 2.51 bits per heavy atom. The first-order chi connectivity index (χ1) is 17.6. The molecular weight excluding hydrogens is 501 g/mol. The van der Waals surface area contributed by atoms with Gasteiger partial charge in [0.2, 0.25) is 5.91 Å². The summed E-state index contributed by atoms with van der Waals surface area (Å²) < 4.78 is 39.9. The third-order valence-corrected chi connectivity index (χ3v) is 6.87. The molecule has 0 fully saturated rings. The van der Waals surface area contributed by atoms with Crippen LogP contribution >= 0.6 is 11.8 Å². The van der Waals surface area contributed by atoms with Crippen molar-refractivity contribution in [3.63, 3.8) is 0 Å². The van der Waals surface area contributed by atoms with E-state index in [0.717, 1.165) is 45.9 Å². The number of anilines is 1. The topological polar surface area (TPSA) is 79.8 Å². The summed E-state index contributed by atoms with van der Waals surface area (Å²) in [5.74, 6) is -0.544. The van der Waals surface area contributed by atoms with E-state index in [0.29, 0.717) is 21.9 Å². The number of amides is 1. The summed E-state index contributed by atoms with van der Waals surface area (Å²) in [5, 5.41) is 3.72. The second-order valence-electron chi connectivity index (χ2n) is 8.63. The lowest BCUT2D eigenvalue weighted by Crippen LogP contribution is -2.23. The average Bonchev–Trinajstić information content (AvgIpc) is 3.23. The van der Waals surface area contributed by atoms with Gasteiger partial charge in [0.1, 0.15) is 11.0 Å². The molecule has 0 saturated heterocycles. The molecule has 2 N–H and O–H groups in total. The van der Waals surface area contributed by atoms with Crippen LogP contribution in [0.25, 0.3) is 27.6 Å². The van der Waals surface area contributed by atoms with Crippen molar-refractivity contribution in [3.8, 4) is 5.69 Å². The molecule has 2 heterocycles. The number of para-hydroxylation sites is 1. The van der Waals surface area contributed by atoms with Gasteiger partial charge in [-0.2, -0.15) is 13.2 Å². The minimum atomic E-state index is -4.46. The van der Waals surface area contributed by atoms with E-state index in [4.69, 9.17) is 4.98 Å². The quantitative estimate of drug-likeness (QED) is 0.212. The zero-order valence-corrected chi connectivity index (χ0v) is 20.6. The van der Waals surface area contributed by atoms with Gasteiger partial charge in [0.15, 0.2) is 5.16 Å². The summed E-state index contributed by atoms with van der Waals surface area (Å²) in [6.07, 6.45) is -4.46. The molecule has 0 aliphatic rings. The number of nitrogens with zero attached hydrogens (tertiary/aromatic N) is 2. The van der Waals surface area contributed by atoms with Gasteiger partial charge >= 0.3 is 6.18 Å². The van der Waals surface area contributed by atoms with Gasteiger partial charge in [0, 0.05) is 16.6 Å². The molecule has 37 heavy (non-hydrogen) atoms. The molecule has 5 aromatic rings. The third kappa shape index (κ3) is 4.84. The van der Waals surface area contributed by atoms with Gasteiger partial charge in [-0.1, -0.05) is 42.1 Å². The van der Waals surface area contributed by atoms with Gasteiger partial charge in [-0.3, -0.25) is 14.2 Å². The first-order valence-corrected chi connectivity index (χ1v) is 12.3. The predicted molar refractivity (Wildman–Crippen MR) is 139 cm³/mol. The molecule has 0 aliphatic heterocycles. The molecule has 1 amide bonds. The number of carbonyl (C=O) groups excluding carboxylic acids is 1. The molecule has 0 bridgehead atoms. The highest BCUT2D eigenvalue weighted by Gasteiger charge is 2.30. The van der Waals surface area contributed by atoms with Crippen LogP contribution in [0.4, 0.5) is 18.9 Å².